The smallest absolute Gasteiger partial charge is 0.317 e. The Morgan fingerprint density at radius 2 is 1.01 bits per heavy atom. The van der Waals surface area contributed by atoms with E-state index in [4.69, 9.17) is 31.1 Å². The van der Waals surface area contributed by atoms with E-state index in [1.54, 1.807) is 45.0 Å². The monoisotopic (exact) mass is 2000 g/mol. The minimum Gasteiger partial charge on any atom is -0.481 e. The third-order valence-corrected chi connectivity index (χ3v) is 25.2. The van der Waals surface area contributed by atoms with Gasteiger partial charge < -0.3 is 130 Å². The molecule has 0 saturated carbocycles. The summed E-state index contributed by atoms with van der Waals surface area (Å²) in [6, 6.07) is -1.96. The molecule has 51 heteroatoms. The maximum absolute atomic E-state index is 15.4. The van der Waals surface area contributed by atoms with Crippen molar-refractivity contribution in [2.75, 3.05) is 162 Å². The molecule has 14 amide bonds. The van der Waals surface area contributed by atoms with E-state index in [1.807, 2.05) is 11.8 Å². The summed E-state index contributed by atoms with van der Waals surface area (Å²) in [7, 11) is 1.69. The van der Waals surface area contributed by atoms with Crippen LogP contribution < -0.4 is 75.3 Å². The summed E-state index contributed by atoms with van der Waals surface area (Å²) in [6.45, 7) is 5.90. The molecular formula is C88H135N21O28S2. The van der Waals surface area contributed by atoms with Gasteiger partial charge in [-0.25, -0.2) is 0 Å². The number of aliphatic carboxylic acids is 5. The van der Waals surface area contributed by atoms with Crippen LogP contribution in [-0.4, -0.2) is 407 Å². The molecule has 4 heterocycles. The average molecular weight is 2000 g/mol. The van der Waals surface area contributed by atoms with Gasteiger partial charge in [0.15, 0.2) is 5.96 Å². The molecule has 4 aliphatic heterocycles. The quantitative estimate of drug-likeness (QED) is 0.0127. The van der Waals surface area contributed by atoms with Crippen molar-refractivity contribution < 1.29 is 136 Å². The van der Waals surface area contributed by atoms with Crippen LogP contribution in [0.3, 0.4) is 0 Å². The molecule has 49 nitrogen and oxygen atoms in total. The molecule has 139 heavy (non-hydrogen) atoms. The highest BCUT2D eigenvalue weighted by Crippen LogP contribution is 2.29. The van der Waals surface area contributed by atoms with Crippen LogP contribution in [0.1, 0.15) is 138 Å². The summed E-state index contributed by atoms with van der Waals surface area (Å²) in [5.41, 5.74) is 11.7. The number of aliphatic hydroxyl groups excluding tert-OH is 1. The third-order valence-electron chi connectivity index (χ3n) is 22.8. The fraction of sp³-hybridized carbons (Fsp3) is 0.636. The number of ether oxygens (including phenoxy) is 3. The van der Waals surface area contributed by atoms with Gasteiger partial charge in [-0.05, 0) is 94.4 Å². The highest BCUT2D eigenvalue weighted by Gasteiger charge is 2.46. The lowest BCUT2D eigenvalue weighted by atomic mass is 10.0. The molecule has 0 bridgehead atoms. The van der Waals surface area contributed by atoms with Gasteiger partial charge in [-0.3, -0.25) is 116 Å². The number of amides is 14. The molecule has 2 aromatic rings. The van der Waals surface area contributed by atoms with Crippen molar-refractivity contribution in [2.24, 2.45) is 11.5 Å². The van der Waals surface area contributed by atoms with Gasteiger partial charge in [-0.15, -0.1) is 0 Å². The number of hydrogen-bond donors (Lipinski definition) is 21. The Balaban J connectivity index is 1.10. The van der Waals surface area contributed by atoms with Gasteiger partial charge in [0, 0.05) is 148 Å². The Morgan fingerprint density at radius 3 is 1.55 bits per heavy atom. The Kier molecular flexibility index (Phi) is 52.3. The van der Waals surface area contributed by atoms with Crippen LogP contribution in [0.25, 0.3) is 0 Å². The first-order valence-electron chi connectivity index (χ1n) is 46.4. The van der Waals surface area contributed by atoms with Crippen molar-refractivity contribution in [1.82, 2.24) is 93.2 Å². The molecule has 0 spiro atoms. The number of carboxylic acids is 5. The third kappa shape index (κ3) is 44.4. The number of unbranched alkanes of at least 4 members (excludes halogenated alkanes) is 1. The van der Waals surface area contributed by atoms with E-state index in [1.165, 1.54) is 34.1 Å². The highest BCUT2D eigenvalue weighted by molar-refractivity contribution is 8.76. The first-order chi connectivity index (χ1) is 66.4. The second-order valence-corrected chi connectivity index (χ2v) is 36.4. The fourth-order valence-corrected chi connectivity index (χ4v) is 17.7. The molecule has 0 aromatic heterocycles. The number of nitrogens with one attached hydrogen (secondary N) is 13. The second kappa shape index (κ2) is 62.9. The molecule has 0 radical (unpaired) electrons. The Hall–Kier alpha value is -12.0. The topological polar surface area (TPSA) is 713 Å². The van der Waals surface area contributed by atoms with Crippen LogP contribution in [0, 0.1) is 5.41 Å². The first kappa shape index (κ1) is 116. The summed E-state index contributed by atoms with van der Waals surface area (Å²) in [5.74, 6) is -19.4. The molecule has 23 N–H and O–H groups in total. The summed E-state index contributed by atoms with van der Waals surface area (Å²) < 4.78 is 16.9. The first-order valence-corrected chi connectivity index (χ1v) is 48.9. The number of fused-ring (bicyclic) bond motifs is 2. The predicted molar refractivity (Wildman–Crippen MR) is 502 cm³/mol. The average Bonchev–Trinajstić information content (AvgIpc) is 1.66. The van der Waals surface area contributed by atoms with E-state index in [9.17, 15) is 112 Å². The number of guanidine groups is 1. The molecule has 772 valence electrons. The minimum absolute atomic E-state index is 0.00647. The maximum atomic E-state index is 15.4. The largest absolute Gasteiger partial charge is 0.481 e. The second-order valence-electron chi connectivity index (χ2n) is 33.8. The van der Waals surface area contributed by atoms with Gasteiger partial charge in [0.25, 0.3) is 5.91 Å². The highest BCUT2D eigenvalue weighted by atomic mass is 33.1. The van der Waals surface area contributed by atoms with Crippen molar-refractivity contribution in [3.05, 3.63) is 71.3 Å². The molecule has 0 unspecified atom stereocenters. The fourth-order valence-electron chi connectivity index (χ4n) is 15.3. The number of aliphatic hydroxyl groups is 1. The molecule has 11 atom stereocenters. The molecule has 4 fully saturated rings. The number of nitrogens with two attached hydrogens (primary N) is 2. The Labute approximate surface area is 812 Å². The van der Waals surface area contributed by atoms with Crippen LogP contribution >= 0.6 is 21.6 Å². The maximum Gasteiger partial charge on any atom is 0.317 e. The number of primary amides is 1. The summed E-state index contributed by atoms with van der Waals surface area (Å²) >= 11 is 0. The SMILES string of the molecule is CCCC[C@H](NC(=O)CCC(=O)NCCCOCCOCCOCCCNC(=O)CN1CCN(CC(=O)O)CCN(CC(=O)O)CCN(CC(=O)O)CC1)C(=O)N[C@H]1CSSC[C@@H](C(=O)N[C@@H](CC(=O)O)C(=O)NCc2ccc(C(=O)N[C@@H](CCCNC(=N)N)C(N)=O)cc2)NC(=O)[C@H](Cc2ccccc2)NC(=O)[C@H](CCC(=O)O)NC(=O)[C@H]([C@@H](C)O)NC(=O)[C@@H]2CCCN2C(=O)[C@@H]2CCCN2C1=O. The van der Waals surface area contributed by atoms with E-state index in [0.29, 0.717) is 62.9 Å². The molecule has 4 saturated heterocycles. The van der Waals surface area contributed by atoms with Gasteiger partial charge in [0.2, 0.25) is 76.8 Å². The number of rotatable bonds is 51. The lowest BCUT2D eigenvalue weighted by molar-refractivity contribution is -0.148. The molecule has 6 rings (SSSR count). The number of carboxylic acid groups (broad SMARTS) is 5. The van der Waals surface area contributed by atoms with E-state index in [-0.39, 0.29) is 219 Å². The zero-order valence-electron chi connectivity index (χ0n) is 78.3. The summed E-state index contributed by atoms with van der Waals surface area (Å²) in [6.07, 6.45) is -2.34. The van der Waals surface area contributed by atoms with E-state index in [0.717, 1.165) is 28.5 Å². The number of carbonyl (C=O) groups excluding carboxylic acids is 14. The van der Waals surface area contributed by atoms with E-state index >= 15 is 9.59 Å². The van der Waals surface area contributed by atoms with Crippen molar-refractivity contribution in [1.29, 1.82) is 5.41 Å². The van der Waals surface area contributed by atoms with Crippen molar-refractivity contribution in [2.45, 2.75) is 196 Å². The van der Waals surface area contributed by atoms with Gasteiger partial charge in [0.1, 0.15) is 60.4 Å². The van der Waals surface area contributed by atoms with Crippen LogP contribution in [0.2, 0.25) is 0 Å². The lowest BCUT2D eigenvalue weighted by Crippen LogP contribution is -2.62. The number of hydrogen-bond acceptors (Lipinski definition) is 30. The zero-order valence-corrected chi connectivity index (χ0v) is 79.9. The van der Waals surface area contributed by atoms with Gasteiger partial charge in [-0.2, -0.15) is 0 Å². The van der Waals surface area contributed by atoms with E-state index < -0.39 is 198 Å². The van der Waals surface area contributed by atoms with Crippen molar-refractivity contribution >= 4 is 140 Å². The summed E-state index contributed by atoms with van der Waals surface area (Å²) in [4.78, 5) is 267. The zero-order chi connectivity index (χ0) is 102. The van der Waals surface area contributed by atoms with Crippen molar-refractivity contribution in [3.8, 4) is 0 Å². The van der Waals surface area contributed by atoms with Gasteiger partial charge in [-0.1, -0.05) is 83.8 Å². The number of carbonyl (C=O) groups is 19. The Morgan fingerprint density at radius 1 is 0.489 bits per heavy atom. The van der Waals surface area contributed by atoms with Crippen LogP contribution in [0.4, 0.5) is 0 Å². The summed E-state index contributed by atoms with van der Waals surface area (Å²) in [5, 5.41) is 98.1. The van der Waals surface area contributed by atoms with Crippen LogP contribution in [0.15, 0.2) is 54.6 Å². The van der Waals surface area contributed by atoms with Crippen LogP contribution in [-0.2, 0) is 113 Å². The van der Waals surface area contributed by atoms with Gasteiger partial charge >= 0.3 is 29.8 Å². The molecule has 2 aromatic carbocycles. The van der Waals surface area contributed by atoms with Crippen molar-refractivity contribution in [3.63, 3.8) is 0 Å². The van der Waals surface area contributed by atoms with E-state index in [2.05, 4.69) is 63.8 Å². The molecule has 4 aliphatic rings. The number of benzene rings is 2. The predicted octanol–water partition coefficient (Wildman–Crippen LogP) is -5.61. The standard InChI is InChI=1S/C88H135N21O28S2/c1-3-4-15-60(96-69(112)25-24-68(111)92-28-11-40-135-42-44-137-45-43-136-41-12-29-93-70(113)49-104-32-34-105(50-73(118)119)36-38-107(52-75(122)123)39-37-106(35-33-104)51-74(120)121)80(127)102-65-54-139-138-53-64(83(130)100-63(47-72(116)117)79(126)95-48-57-19-21-58(22-20-57)78(125)97-59(77(89)124)16-8-27-94-88(90)91)101-82(129)62(46-56-13-6-5-7-14-56)99-81(128)61(23-26-71(114)115)98-85(132)76(55(2)110)103-84(131)66-17-9-30-108(66)87(134)67-18-10-31-109(67)86(65)133/h5-7,13-14,19-22,55,59-67,76,110H,3-4,8-12,15-18,23-54H2,1-2H3,(H2,89,124)(H,92,111)(H,93,113)(H,95,126)(H,96,112)(H,97,125)(H,98,132)(H,99,128)(H,100,130)(H,101,129)(H,102,127)(H,103,131)(H,114,115)(H,116,117)(H,118,119)(H,120,121)(H,122,123)(H4,90,91,94)/t55-,59+,60+,61+,62+,63+,64+,65+,66+,67+,76+/m1/s1. The molecule has 0 aliphatic carbocycles. The number of nitrogens with zero attached hydrogens (tertiary/aromatic N) is 6. The lowest BCUT2D eigenvalue weighted by Gasteiger charge is -2.33. The molecular weight excluding hydrogens is 1860 g/mol. The van der Waals surface area contributed by atoms with Crippen LogP contribution in [0.5, 0.6) is 0 Å². The van der Waals surface area contributed by atoms with Gasteiger partial charge in [0.05, 0.1) is 65.1 Å². The Bertz CT molecular complexity index is 4410. The normalized spacial score (nSPS) is 20.4. The minimum atomic E-state index is -1.89.